The second-order valence-electron chi connectivity index (χ2n) is 11.1. The van der Waals surface area contributed by atoms with E-state index in [0.29, 0.717) is 40.4 Å². The molecule has 3 aliphatic rings. The summed E-state index contributed by atoms with van der Waals surface area (Å²) in [4.78, 5) is 43.9. The Morgan fingerprint density at radius 3 is 2.63 bits per heavy atom. The Kier molecular flexibility index (Phi) is 6.39. The minimum Gasteiger partial charge on any atom is -0.368 e. The Morgan fingerprint density at radius 2 is 1.87 bits per heavy atom. The van der Waals surface area contributed by atoms with E-state index < -0.39 is 0 Å². The van der Waals surface area contributed by atoms with Gasteiger partial charge in [0.25, 0.3) is 11.8 Å². The number of nitrogens with two attached hydrogens (primary N) is 1. The van der Waals surface area contributed by atoms with Gasteiger partial charge in [-0.05, 0) is 56.2 Å². The van der Waals surface area contributed by atoms with Crippen LogP contribution in [0.25, 0.3) is 11.4 Å². The van der Waals surface area contributed by atoms with Crippen molar-refractivity contribution in [2.45, 2.75) is 63.8 Å². The van der Waals surface area contributed by atoms with Crippen molar-refractivity contribution in [3.8, 4) is 11.4 Å². The zero-order chi connectivity index (χ0) is 26.4. The summed E-state index contributed by atoms with van der Waals surface area (Å²) in [5.41, 5.74) is 9.16. The molecule has 0 bridgehead atoms. The lowest BCUT2D eigenvalue weighted by Crippen LogP contribution is -2.48. The molecule has 0 aromatic carbocycles. The normalized spacial score (nSPS) is 19.6. The van der Waals surface area contributed by atoms with Gasteiger partial charge in [-0.15, -0.1) is 11.3 Å². The zero-order valence-corrected chi connectivity index (χ0v) is 22.6. The van der Waals surface area contributed by atoms with Crippen LogP contribution >= 0.6 is 11.3 Å². The molecule has 4 N–H and O–H groups in total. The maximum absolute atomic E-state index is 13.3. The van der Waals surface area contributed by atoms with Crippen LogP contribution < -0.4 is 11.1 Å². The number of nitrogens with one attached hydrogen (secondary N) is 2. The first-order chi connectivity index (χ1) is 18.3. The SMILES string of the molecule is CC1(C)Cc2cnc(N)nc2-c2n[nH]c(C(=O)Nc3nc(C(=O)N4CCC(N5CCCCC5)CC4)cs3)c21. The van der Waals surface area contributed by atoms with Crippen LogP contribution in [-0.4, -0.2) is 79.0 Å². The van der Waals surface area contributed by atoms with Crippen molar-refractivity contribution in [2.75, 3.05) is 37.2 Å². The van der Waals surface area contributed by atoms with E-state index in [2.05, 4.69) is 49.2 Å². The molecule has 1 aliphatic carbocycles. The van der Waals surface area contributed by atoms with Crippen molar-refractivity contribution >= 4 is 34.2 Å². The van der Waals surface area contributed by atoms with E-state index in [1.54, 1.807) is 11.6 Å². The third-order valence-corrected chi connectivity index (χ3v) is 8.77. The maximum Gasteiger partial charge on any atom is 0.275 e. The molecule has 3 aromatic rings. The minimum atomic E-state index is -0.369. The molecule has 200 valence electrons. The van der Waals surface area contributed by atoms with Gasteiger partial charge in [-0.25, -0.2) is 15.0 Å². The Morgan fingerprint density at radius 1 is 1.11 bits per heavy atom. The summed E-state index contributed by atoms with van der Waals surface area (Å²) in [7, 11) is 0. The number of anilines is 2. The standard InChI is InChI=1S/C26H33N9O2S/c1-26(2)12-15-13-28-24(27)30-19(15)20-18(26)21(33-32-20)22(36)31-25-29-17(14-38-25)23(37)35-10-6-16(7-11-35)34-8-4-3-5-9-34/h13-14,16H,3-12H2,1-2H3,(H,32,33)(H2,27,28,30)(H,29,31,36). The van der Waals surface area contributed by atoms with E-state index in [1.807, 2.05) is 4.90 Å². The van der Waals surface area contributed by atoms with Crippen LogP contribution in [0, 0.1) is 0 Å². The molecule has 0 spiro atoms. The smallest absolute Gasteiger partial charge is 0.275 e. The molecule has 6 rings (SSSR count). The van der Waals surface area contributed by atoms with Gasteiger partial charge < -0.3 is 15.5 Å². The molecule has 3 aromatic heterocycles. The molecule has 2 aliphatic heterocycles. The second kappa shape index (κ2) is 9.73. The number of aromatic nitrogens is 5. The van der Waals surface area contributed by atoms with Crippen molar-refractivity contribution in [1.29, 1.82) is 0 Å². The molecule has 5 heterocycles. The van der Waals surface area contributed by atoms with Crippen LogP contribution in [0.4, 0.5) is 11.1 Å². The number of aromatic amines is 1. The van der Waals surface area contributed by atoms with Crippen molar-refractivity contribution < 1.29 is 9.59 Å². The number of rotatable bonds is 4. The molecule has 0 atom stereocenters. The molecule has 38 heavy (non-hydrogen) atoms. The lowest BCUT2D eigenvalue weighted by molar-refractivity contribution is 0.0585. The number of H-pyrrole nitrogens is 1. The average molecular weight is 536 g/mol. The maximum atomic E-state index is 13.3. The van der Waals surface area contributed by atoms with Gasteiger partial charge in [0.05, 0.1) is 5.69 Å². The number of nitrogens with zero attached hydrogens (tertiary/aromatic N) is 6. The summed E-state index contributed by atoms with van der Waals surface area (Å²) in [6.07, 6.45) is 8.26. The van der Waals surface area contributed by atoms with Gasteiger partial charge in [0.15, 0.2) is 5.13 Å². The molecule has 0 saturated carbocycles. The van der Waals surface area contributed by atoms with Crippen LogP contribution in [0.3, 0.4) is 0 Å². The summed E-state index contributed by atoms with van der Waals surface area (Å²) in [5, 5.41) is 12.3. The molecule has 0 unspecified atom stereocenters. The first-order valence-corrected chi connectivity index (χ1v) is 14.2. The highest BCUT2D eigenvalue weighted by Gasteiger charge is 2.39. The predicted molar refractivity (Wildman–Crippen MR) is 145 cm³/mol. The fourth-order valence-electron chi connectivity index (χ4n) is 6.12. The molecular weight excluding hydrogens is 502 g/mol. The number of piperidine rings is 2. The highest BCUT2D eigenvalue weighted by molar-refractivity contribution is 7.14. The van der Waals surface area contributed by atoms with Gasteiger partial charge in [0.2, 0.25) is 5.95 Å². The third-order valence-electron chi connectivity index (χ3n) is 8.01. The molecule has 0 radical (unpaired) electrons. The van der Waals surface area contributed by atoms with Crippen molar-refractivity contribution in [3.05, 3.63) is 34.1 Å². The van der Waals surface area contributed by atoms with Crippen LogP contribution in [0.1, 0.15) is 78.1 Å². The van der Waals surface area contributed by atoms with Crippen LogP contribution in [0.2, 0.25) is 0 Å². The van der Waals surface area contributed by atoms with Gasteiger partial charge in [-0.1, -0.05) is 20.3 Å². The quantitative estimate of drug-likeness (QED) is 0.462. The fourth-order valence-corrected chi connectivity index (χ4v) is 6.80. The van der Waals surface area contributed by atoms with E-state index in [1.165, 1.54) is 43.7 Å². The summed E-state index contributed by atoms with van der Waals surface area (Å²) >= 11 is 1.25. The Bertz CT molecular complexity index is 1370. The van der Waals surface area contributed by atoms with E-state index in [-0.39, 0.29) is 23.2 Å². The predicted octanol–water partition coefficient (Wildman–Crippen LogP) is 3.08. The number of nitrogen functional groups attached to an aromatic ring is 1. The number of fused-ring (bicyclic) bond motifs is 3. The van der Waals surface area contributed by atoms with Crippen molar-refractivity contribution in [3.63, 3.8) is 0 Å². The topological polar surface area (TPSA) is 146 Å². The van der Waals surface area contributed by atoms with Crippen LogP contribution in [0.15, 0.2) is 11.6 Å². The molecule has 2 fully saturated rings. The molecular formula is C26H33N9O2S. The van der Waals surface area contributed by atoms with Gasteiger partial charge >= 0.3 is 0 Å². The summed E-state index contributed by atoms with van der Waals surface area (Å²) in [6.45, 7) is 7.96. The zero-order valence-electron chi connectivity index (χ0n) is 21.8. The Balaban J connectivity index is 1.13. The van der Waals surface area contributed by atoms with Gasteiger partial charge in [0.1, 0.15) is 17.1 Å². The summed E-state index contributed by atoms with van der Waals surface area (Å²) in [6, 6.07) is 0.573. The van der Waals surface area contributed by atoms with E-state index in [4.69, 9.17) is 5.73 Å². The number of carbonyl (C=O) groups excluding carboxylic acids is 2. The first kappa shape index (κ1) is 24.9. The summed E-state index contributed by atoms with van der Waals surface area (Å²) in [5.74, 6) is -0.264. The first-order valence-electron chi connectivity index (χ1n) is 13.3. The minimum absolute atomic E-state index is 0.0761. The lowest BCUT2D eigenvalue weighted by atomic mass is 9.73. The Labute approximate surface area is 225 Å². The highest BCUT2D eigenvalue weighted by Crippen LogP contribution is 2.42. The monoisotopic (exact) mass is 535 g/mol. The molecule has 11 nitrogen and oxygen atoms in total. The number of hydrogen-bond donors (Lipinski definition) is 3. The largest absolute Gasteiger partial charge is 0.368 e. The summed E-state index contributed by atoms with van der Waals surface area (Å²) < 4.78 is 0. The van der Waals surface area contributed by atoms with Crippen molar-refractivity contribution in [1.82, 2.24) is 34.9 Å². The van der Waals surface area contributed by atoms with Crippen molar-refractivity contribution in [2.24, 2.45) is 0 Å². The average Bonchev–Trinajstić information content (AvgIpc) is 3.58. The molecule has 2 amide bonds. The second-order valence-corrected chi connectivity index (χ2v) is 12.0. The Hall–Kier alpha value is -3.38. The number of carbonyl (C=O) groups is 2. The number of amides is 2. The van der Waals surface area contributed by atoms with E-state index in [9.17, 15) is 9.59 Å². The van der Waals surface area contributed by atoms with Gasteiger partial charge in [-0.3, -0.25) is 20.0 Å². The molecule has 2 saturated heterocycles. The number of likely N-dealkylation sites (tertiary alicyclic amines) is 2. The van der Waals surface area contributed by atoms with Crippen LogP contribution in [0.5, 0.6) is 0 Å². The van der Waals surface area contributed by atoms with E-state index >= 15 is 0 Å². The van der Waals surface area contributed by atoms with Crippen LogP contribution in [-0.2, 0) is 11.8 Å². The van der Waals surface area contributed by atoms with Gasteiger partial charge in [0, 0.05) is 36.3 Å². The highest BCUT2D eigenvalue weighted by atomic mass is 32.1. The number of hydrogen-bond acceptors (Lipinski definition) is 9. The van der Waals surface area contributed by atoms with Gasteiger partial charge in [-0.2, -0.15) is 5.10 Å². The fraction of sp³-hybridized carbons (Fsp3) is 0.538. The molecule has 12 heteroatoms. The number of thiazole rings is 1. The van der Waals surface area contributed by atoms with E-state index in [0.717, 1.165) is 37.1 Å². The lowest BCUT2D eigenvalue weighted by Gasteiger charge is -2.40. The third kappa shape index (κ3) is 4.55.